The molecule has 0 aliphatic carbocycles. The Morgan fingerprint density at radius 1 is 0.867 bits per heavy atom. The summed E-state index contributed by atoms with van der Waals surface area (Å²) in [5.74, 6) is 0.406. The van der Waals surface area contributed by atoms with E-state index in [1.807, 2.05) is 54.6 Å². The van der Waals surface area contributed by atoms with E-state index in [2.05, 4.69) is 16.8 Å². The third kappa shape index (κ3) is 3.96. The summed E-state index contributed by atoms with van der Waals surface area (Å²) < 4.78 is 5.20. The lowest BCUT2D eigenvalue weighted by molar-refractivity contribution is -0.137. The third-order valence-electron chi connectivity index (χ3n) is 5.81. The molecule has 0 radical (unpaired) electrons. The number of imide groups is 1. The molecule has 1 fully saturated rings. The van der Waals surface area contributed by atoms with E-state index in [4.69, 9.17) is 4.74 Å². The summed E-state index contributed by atoms with van der Waals surface area (Å²) in [5, 5.41) is 0. The molecule has 0 aromatic heterocycles. The second-order valence-electron chi connectivity index (χ2n) is 7.74. The van der Waals surface area contributed by atoms with Crippen LogP contribution in [-0.2, 0) is 16.0 Å². The molecule has 2 aliphatic heterocycles. The highest BCUT2D eigenvalue weighted by molar-refractivity contribution is 6.35. The summed E-state index contributed by atoms with van der Waals surface area (Å²) in [6.07, 6.45) is 0.611. The molecule has 0 bridgehead atoms. The quantitative estimate of drug-likeness (QED) is 0.690. The highest BCUT2D eigenvalue weighted by Gasteiger charge is 2.41. The lowest BCUT2D eigenvalue weighted by atomic mass is 10.0. The molecule has 0 unspecified atom stereocenters. The number of carbonyl (C=O) groups is 2. The lowest BCUT2D eigenvalue weighted by Crippen LogP contribution is -2.46. The van der Waals surface area contributed by atoms with E-state index in [-0.39, 0.29) is 11.8 Å². The molecule has 0 saturated carbocycles. The van der Waals surface area contributed by atoms with Crippen LogP contribution in [0.5, 0.6) is 5.75 Å². The molecule has 1 saturated heterocycles. The predicted molar refractivity (Wildman–Crippen MR) is 116 cm³/mol. The van der Waals surface area contributed by atoms with Gasteiger partial charge < -0.3 is 14.5 Å². The summed E-state index contributed by atoms with van der Waals surface area (Å²) in [6.45, 7) is 3.59. The molecule has 30 heavy (non-hydrogen) atoms. The van der Waals surface area contributed by atoms with Crippen molar-refractivity contribution >= 4 is 17.4 Å². The van der Waals surface area contributed by atoms with E-state index in [0.717, 1.165) is 43.1 Å². The maximum atomic E-state index is 13.4. The normalized spacial score (nSPS) is 17.8. The molecule has 6 heteroatoms. The smallest absolute Gasteiger partial charge is 0.277 e. The Kier molecular flexibility index (Phi) is 5.86. The molecule has 2 heterocycles. The van der Waals surface area contributed by atoms with Crippen LogP contribution >= 0.6 is 0 Å². The Morgan fingerprint density at radius 2 is 1.53 bits per heavy atom. The number of likely N-dealkylation sites (N-methyl/N-ethyl adjacent to an activating group) is 1. The first-order chi connectivity index (χ1) is 14.6. The lowest BCUT2D eigenvalue weighted by Gasteiger charge is -2.34. The fourth-order valence-corrected chi connectivity index (χ4v) is 3.99. The first-order valence-corrected chi connectivity index (χ1v) is 10.3. The van der Waals surface area contributed by atoms with Gasteiger partial charge >= 0.3 is 0 Å². The summed E-state index contributed by atoms with van der Waals surface area (Å²) in [6, 6.07) is 17.3. The van der Waals surface area contributed by atoms with Crippen LogP contribution in [0.1, 0.15) is 11.1 Å². The van der Waals surface area contributed by atoms with Crippen LogP contribution < -0.4 is 4.74 Å². The van der Waals surface area contributed by atoms with Gasteiger partial charge in [0.15, 0.2) is 0 Å². The number of nitrogens with zero attached hydrogens (tertiary/aromatic N) is 3. The summed E-state index contributed by atoms with van der Waals surface area (Å²) in [5.41, 5.74) is 2.94. The van der Waals surface area contributed by atoms with Gasteiger partial charge in [-0.1, -0.05) is 42.5 Å². The van der Waals surface area contributed by atoms with Crippen LogP contribution in [0.25, 0.3) is 5.57 Å². The maximum Gasteiger partial charge on any atom is 0.277 e. The highest BCUT2D eigenvalue weighted by atomic mass is 16.5. The fraction of sp³-hybridized carbons (Fsp3) is 0.333. The van der Waals surface area contributed by atoms with E-state index >= 15 is 0 Å². The van der Waals surface area contributed by atoms with E-state index < -0.39 is 0 Å². The van der Waals surface area contributed by atoms with Gasteiger partial charge in [0, 0.05) is 32.7 Å². The fourth-order valence-electron chi connectivity index (χ4n) is 3.99. The minimum absolute atomic E-state index is 0.183. The Labute approximate surface area is 177 Å². The van der Waals surface area contributed by atoms with Gasteiger partial charge in [0.25, 0.3) is 11.8 Å². The van der Waals surface area contributed by atoms with Crippen molar-refractivity contribution in [3.05, 3.63) is 71.4 Å². The molecular weight excluding hydrogens is 378 g/mol. The zero-order valence-electron chi connectivity index (χ0n) is 17.5. The minimum Gasteiger partial charge on any atom is -0.497 e. The number of hydrogen-bond acceptors (Lipinski definition) is 5. The second kappa shape index (κ2) is 8.71. The molecule has 156 valence electrons. The number of amides is 2. The maximum absolute atomic E-state index is 13.4. The van der Waals surface area contributed by atoms with Crippen molar-refractivity contribution in [3.63, 3.8) is 0 Å². The summed E-state index contributed by atoms with van der Waals surface area (Å²) in [7, 11) is 3.71. The zero-order chi connectivity index (χ0) is 21.1. The van der Waals surface area contributed by atoms with Gasteiger partial charge in [0.05, 0.1) is 12.7 Å². The summed E-state index contributed by atoms with van der Waals surface area (Å²) >= 11 is 0. The number of carbonyl (C=O) groups excluding carboxylic acids is 2. The molecule has 4 rings (SSSR count). The molecule has 2 amide bonds. The molecule has 0 spiro atoms. The van der Waals surface area contributed by atoms with Crippen LogP contribution in [0, 0.1) is 0 Å². The molecule has 6 nitrogen and oxygen atoms in total. The van der Waals surface area contributed by atoms with Gasteiger partial charge in [0.1, 0.15) is 11.4 Å². The number of ether oxygens (including phenoxy) is 1. The van der Waals surface area contributed by atoms with Crippen molar-refractivity contribution in [3.8, 4) is 5.75 Å². The molecule has 2 aromatic rings. The SMILES string of the molecule is COc1ccc(CCN2C(=O)C(c3ccccc3)=C(N3CCN(C)CC3)C2=O)cc1. The molecule has 0 N–H and O–H groups in total. The Bertz CT molecular complexity index is 945. The predicted octanol–water partition coefficient (Wildman–Crippen LogP) is 2.27. The zero-order valence-corrected chi connectivity index (χ0v) is 17.5. The summed E-state index contributed by atoms with van der Waals surface area (Å²) in [4.78, 5) is 32.4. The van der Waals surface area contributed by atoms with Gasteiger partial charge in [-0.05, 0) is 36.7 Å². The highest BCUT2D eigenvalue weighted by Crippen LogP contribution is 2.32. The Morgan fingerprint density at radius 3 is 2.17 bits per heavy atom. The van der Waals surface area contributed by atoms with Gasteiger partial charge in [-0.3, -0.25) is 14.5 Å². The van der Waals surface area contributed by atoms with Crippen molar-refractivity contribution in [1.82, 2.24) is 14.7 Å². The second-order valence-corrected chi connectivity index (χ2v) is 7.74. The van der Waals surface area contributed by atoms with Gasteiger partial charge in [-0.15, -0.1) is 0 Å². The Hall–Kier alpha value is -3.12. The standard InChI is InChI=1S/C24H27N3O3/c1-25-14-16-26(17-15-25)22-21(19-6-4-3-5-7-19)23(28)27(24(22)29)13-12-18-8-10-20(30-2)11-9-18/h3-11H,12-17H2,1-2H3. The number of rotatable bonds is 6. The molecule has 0 atom stereocenters. The van der Waals surface area contributed by atoms with Crippen LogP contribution in [-0.4, -0.2) is 73.4 Å². The third-order valence-corrected chi connectivity index (χ3v) is 5.81. The van der Waals surface area contributed by atoms with Crippen LogP contribution in [0.4, 0.5) is 0 Å². The van der Waals surface area contributed by atoms with Crippen LogP contribution in [0.2, 0.25) is 0 Å². The van der Waals surface area contributed by atoms with E-state index in [0.29, 0.717) is 24.2 Å². The average Bonchev–Trinajstić information content (AvgIpc) is 3.03. The monoisotopic (exact) mass is 405 g/mol. The molecular formula is C24H27N3O3. The van der Waals surface area contributed by atoms with Crippen molar-refractivity contribution in [2.24, 2.45) is 0 Å². The number of methoxy groups -OCH3 is 1. The topological polar surface area (TPSA) is 53.1 Å². The molecule has 2 aliphatic rings. The molecule has 2 aromatic carbocycles. The largest absolute Gasteiger partial charge is 0.497 e. The Balaban J connectivity index is 1.59. The van der Waals surface area contributed by atoms with E-state index in [1.165, 1.54) is 4.90 Å². The van der Waals surface area contributed by atoms with Gasteiger partial charge in [-0.25, -0.2) is 0 Å². The number of benzene rings is 2. The first-order valence-electron chi connectivity index (χ1n) is 10.3. The number of piperazine rings is 1. The van der Waals surface area contributed by atoms with Crippen LogP contribution in [0.3, 0.4) is 0 Å². The van der Waals surface area contributed by atoms with Crippen molar-refractivity contribution in [2.45, 2.75) is 6.42 Å². The van der Waals surface area contributed by atoms with Gasteiger partial charge in [-0.2, -0.15) is 0 Å². The van der Waals surface area contributed by atoms with Crippen LogP contribution in [0.15, 0.2) is 60.3 Å². The van der Waals surface area contributed by atoms with Gasteiger partial charge in [0.2, 0.25) is 0 Å². The van der Waals surface area contributed by atoms with E-state index in [9.17, 15) is 9.59 Å². The van der Waals surface area contributed by atoms with E-state index in [1.54, 1.807) is 7.11 Å². The van der Waals surface area contributed by atoms with Crippen molar-refractivity contribution in [2.75, 3.05) is 46.9 Å². The van der Waals surface area contributed by atoms with Crippen molar-refractivity contribution < 1.29 is 14.3 Å². The average molecular weight is 405 g/mol. The minimum atomic E-state index is -0.200. The first kappa shape index (κ1) is 20.2. The number of hydrogen-bond donors (Lipinski definition) is 0. The van der Waals surface area contributed by atoms with Crippen molar-refractivity contribution in [1.29, 1.82) is 0 Å².